The van der Waals surface area contributed by atoms with E-state index in [1.54, 1.807) is 6.07 Å². The second-order valence-electron chi connectivity index (χ2n) is 5.77. The van der Waals surface area contributed by atoms with Crippen molar-refractivity contribution in [3.63, 3.8) is 0 Å². The third kappa shape index (κ3) is 3.26. The van der Waals surface area contributed by atoms with Crippen LogP contribution in [0.2, 0.25) is 0 Å². The van der Waals surface area contributed by atoms with Crippen LogP contribution in [0.15, 0.2) is 47.4 Å². The highest BCUT2D eigenvalue weighted by molar-refractivity contribution is 7.90. The number of aryl methyl sites for hydroxylation is 1. The first-order chi connectivity index (χ1) is 12.7. The van der Waals surface area contributed by atoms with Crippen LogP contribution in [-0.4, -0.2) is 42.7 Å². The van der Waals surface area contributed by atoms with Gasteiger partial charge in [0.1, 0.15) is 11.5 Å². The van der Waals surface area contributed by atoms with Crippen LogP contribution >= 0.6 is 0 Å². The molecule has 10 heteroatoms. The van der Waals surface area contributed by atoms with Crippen molar-refractivity contribution in [2.24, 2.45) is 0 Å². The lowest BCUT2D eigenvalue weighted by Crippen LogP contribution is -2.33. The molecule has 0 fully saturated rings. The number of esters is 1. The SMILES string of the molecule is Cc1cc(C(=O)OCCN2C(=O)c3ccccc3S2(=O)=O)ccc1[N+](=O)[O-]. The summed E-state index contributed by atoms with van der Waals surface area (Å²) in [6.45, 7) is 0.822. The molecular formula is C17H14N2O7S. The van der Waals surface area contributed by atoms with Gasteiger partial charge in [0.2, 0.25) is 0 Å². The Morgan fingerprint density at radius 2 is 1.93 bits per heavy atom. The molecule has 0 spiro atoms. The molecular weight excluding hydrogens is 376 g/mol. The number of fused-ring (bicyclic) bond motifs is 1. The first-order valence-electron chi connectivity index (χ1n) is 7.82. The van der Waals surface area contributed by atoms with Crippen molar-refractivity contribution in [1.29, 1.82) is 0 Å². The maximum atomic E-state index is 12.4. The van der Waals surface area contributed by atoms with E-state index < -0.39 is 26.8 Å². The minimum atomic E-state index is -3.96. The number of hydrogen-bond acceptors (Lipinski definition) is 7. The summed E-state index contributed by atoms with van der Waals surface area (Å²) in [4.78, 5) is 34.5. The van der Waals surface area contributed by atoms with Crippen LogP contribution in [0.5, 0.6) is 0 Å². The Hall–Kier alpha value is -3.27. The fourth-order valence-corrected chi connectivity index (χ4v) is 4.30. The average Bonchev–Trinajstić information content (AvgIpc) is 2.82. The number of sulfonamides is 1. The summed E-state index contributed by atoms with van der Waals surface area (Å²) >= 11 is 0. The van der Waals surface area contributed by atoms with Crippen LogP contribution in [0.25, 0.3) is 0 Å². The second kappa shape index (κ2) is 6.80. The number of ether oxygens (including phenoxy) is 1. The number of nitrogens with zero attached hydrogens (tertiary/aromatic N) is 2. The molecule has 0 saturated heterocycles. The predicted molar refractivity (Wildman–Crippen MR) is 92.8 cm³/mol. The molecule has 27 heavy (non-hydrogen) atoms. The molecule has 0 saturated carbocycles. The summed E-state index contributed by atoms with van der Waals surface area (Å²) in [5.74, 6) is -1.44. The molecule has 1 aliphatic rings. The summed E-state index contributed by atoms with van der Waals surface area (Å²) in [5, 5.41) is 10.8. The van der Waals surface area contributed by atoms with Gasteiger partial charge in [-0.05, 0) is 31.2 Å². The number of carbonyl (C=O) groups excluding carboxylic acids is 2. The number of hydrogen-bond donors (Lipinski definition) is 0. The van der Waals surface area contributed by atoms with Crippen LogP contribution in [0.1, 0.15) is 26.3 Å². The summed E-state index contributed by atoms with van der Waals surface area (Å²) < 4.78 is 30.5. The minimum absolute atomic E-state index is 0.0766. The molecule has 0 radical (unpaired) electrons. The topological polar surface area (TPSA) is 124 Å². The smallest absolute Gasteiger partial charge is 0.338 e. The molecule has 0 aliphatic carbocycles. The molecule has 9 nitrogen and oxygen atoms in total. The van der Waals surface area contributed by atoms with Gasteiger partial charge in [0.25, 0.3) is 21.6 Å². The summed E-state index contributed by atoms with van der Waals surface area (Å²) in [6.07, 6.45) is 0. The lowest BCUT2D eigenvalue weighted by Gasteiger charge is -2.15. The molecule has 1 amide bonds. The van der Waals surface area contributed by atoms with Gasteiger partial charge in [0.15, 0.2) is 0 Å². The highest BCUT2D eigenvalue weighted by Crippen LogP contribution is 2.29. The molecule has 3 rings (SSSR count). The number of nitro groups is 1. The van der Waals surface area contributed by atoms with E-state index in [2.05, 4.69) is 0 Å². The van der Waals surface area contributed by atoms with Gasteiger partial charge >= 0.3 is 5.97 Å². The van der Waals surface area contributed by atoms with Crippen LogP contribution < -0.4 is 0 Å². The molecule has 1 aliphatic heterocycles. The molecule has 0 aromatic heterocycles. The zero-order valence-corrected chi connectivity index (χ0v) is 14.9. The Morgan fingerprint density at radius 1 is 1.22 bits per heavy atom. The third-order valence-electron chi connectivity index (χ3n) is 4.07. The van der Waals surface area contributed by atoms with Crippen LogP contribution in [0.3, 0.4) is 0 Å². The van der Waals surface area contributed by atoms with E-state index in [9.17, 15) is 28.1 Å². The Morgan fingerprint density at radius 3 is 2.56 bits per heavy atom. The van der Waals surface area contributed by atoms with E-state index in [1.807, 2.05) is 0 Å². The summed E-state index contributed by atoms with van der Waals surface area (Å²) in [7, 11) is -3.96. The normalized spacial score (nSPS) is 14.7. The van der Waals surface area contributed by atoms with E-state index in [0.717, 1.165) is 0 Å². The van der Waals surface area contributed by atoms with Gasteiger partial charge in [-0.15, -0.1) is 0 Å². The Labute approximate surface area is 154 Å². The van der Waals surface area contributed by atoms with Gasteiger partial charge in [-0.25, -0.2) is 17.5 Å². The van der Waals surface area contributed by atoms with Crippen molar-refractivity contribution in [3.05, 3.63) is 69.3 Å². The van der Waals surface area contributed by atoms with E-state index in [4.69, 9.17) is 4.74 Å². The van der Waals surface area contributed by atoms with Crippen molar-refractivity contribution in [1.82, 2.24) is 4.31 Å². The molecule has 1 heterocycles. The molecule has 2 aromatic rings. The van der Waals surface area contributed by atoms with E-state index >= 15 is 0 Å². The van der Waals surface area contributed by atoms with Crippen molar-refractivity contribution in [2.75, 3.05) is 13.2 Å². The average molecular weight is 390 g/mol. The fraction of sp³-hybridized carbons (Fsp3) is 0.176. The zero-order valence-electron chi connectivity index (χ0n) is 14.1. The van der Waals surface area contributed by atoms with Crippen LogP contribution in [-0.2, 0) is 14.8 Å². The minimum Gasteiger partial charge on any atom is -0.460 e. The number of carbonyl (C=O) groups is 2. The Bertz CT molecular complexity index is 1060. The number of nitro benzene ring substituents is 1. The molecule has 2 aromatic carbocycles. The Balaban J connectivity index is 1.67. The first-order valence-corrected chi connectivity index (χ1v) is 9.26. The van der Waals surface area contributed by atoms with Crippen molar-refractivity contribution >= 4 is 27.6 Å². The van der Waals surface area contributed by atoms with Crippen LogP contribution in [0, 0.1) is 17.0 Å². The summed E-state index contributed by atoms with van der Waals surface area (Å²) in [6, 6.07) is 9.60. The lowest BCUT2D eigenvalue weighted by molar-refractivity contribution is -0.385. The van der Waals surface area contributed by atoms with E-state index in [0.29, 0.717) is 9.87 Å². The zero-order chi connectivity index (χ0) is 19.8. The predicted octanol–water partition coefficient (Wildman–Crippen LogP) is 1.90. The standard InChI is InChI=1S/C17H14N2O7S/c1-11-10-12(6-7-14(11)19(22)23)17(21)26-9-8-18-16(20)13-4-2-3-5-15(13)27(18,24)25/h2-7,10H,8-9H2,1H3. The highest BCUT2D eigenvalue weighted by Gasteiger charge is 2.40. The van der Waals surface area contributed by atoms with Crippen molar-refractivity contribution in [3.8, 4) is 0 Å². The third-order valence-corrected chi connectivity index (χ3v) is 5.91. The van der Waals surface area contributed by atoms with Gasteiger partial charge < -0.3 is 4.74 Å². The van der Waals surface area contributed by atoms with Gasteiger partial charge in [-0.1, -0.05) is 12.1 Å². The lowest BCUT2D eigenvalue weighted by atomic mass is 10.1. The maximum absolute atomic E-state index is 12.4. The van der Waals surface area contributed by atoms with Crippen LogP contribution in [0.4, 0.5) is 5.69 Å². The second-order valence-corrected chi connectivity index (χ2v) is 7.60. The molecule has 0 atom stereocenters. The van der Waals surface area contributed by atoms with E-state index in [-0.39, 0.29) is 34.9 Å². The number of amides is 1. The number of rotatable bonds is 5. The highest BCUT2D eigenvalue weighted by atomic mass is 32.2. The van der Waals surface area contributed by atoms with Gasteiger partial charge in [0.05, 0.1) is 22.6 Å². The van der Waals surface area contributed by atoms with Crippen molar-refractivity contribution < 1.29 is 27.7 Å². The van der Waals surface area contributed by atoms with Gasteiger partial charge in [0, 0.05) is 11.6 Å². The van der Waals surface area contributed by atoms with Gasteiger partial charge in [-0.3, -0.25) is 14.9 Å². The fourth-order valence-electron chi connectivity index (χ4n) is 2.74. The maximum Gasteiger partial charge on any atom is 0.338 e. The first kappa shape index (κ1) is 18.5. The molecule has 0 N–H and O–H groups in total. The van der Waals surface area contributed by atoms with E-state index in [1.165, 1.54) is 43.3 Å². The Kier molecular flexibility index (Phi) is 4.66. The number of benzene rings is 2. The molecule has 0 unspecified atom stereocenters. The van der Waals surface area contributed by atoms with Crippen molar-refractivity contribution in [2.45, 2.75) is 11.8 Å². The summed E-state index contributed by atoms with van der Waals surface area (Å²) in [5.41, 5.74) is 0.340. The largest absolute Gasteiger partial charge is 0.460 e. The quantitative estimate of drug-likeness (QED) is 0.434. The molecule has 140 valence electrons. The van der Waals surface area contributed by atoms with Gasteiger partial charge in [-0.2, -0.15) is 0 Å². The monoisotopic (exact) mass is 390 g/mol. The molecule has 0 bridgehead atoms.